The Hall–Kier alpha value is -3.04. The average Bonchev–Trinajstić information content (AvgIpc) is 2.50. The van der Waals surface area contributed by atoms with Crippen LogP contribution < -0.4 is 5.73 Å². The molecule has 0 atom stereocenters. The van der Waals surface area contributed by atoms with Gasteiger partial charge in [0.2, 0.25) is 0 Å². The summed E-state index contributed by atoms with van der Waals surface area (Å²) in [6, 6.07) is 22.4. The number of nitrogens with two attached hydrogens (primary N) is 1. The van der Waals surface area contributed by atoms with Crippen molar-refractivity contribution in [2.75, 3.05) is 0 Å². The highest BCUT2D eigenvalue weighted by atomic mass is 14.6. The van der Waals surface area contributed by atoms with E-state index in [2.05, 4.69) is 0 Å². The van der Waals surface area contributed by atoms with Crippen molar-refractivity contribution in [1.29, 1.82) is 10.5 Å². The van der Waals surface area contributed by atoms with Gasteiger partial charge in [-0.25, -0.2) is 0 Å². The van der Waals surface area contributed by atoms with E-state index in [-0.39, 0.29) is 0 Å². The maximum Gasteiger partial charge on any atom is 0.0991 e. The summed E-state index contributed by atoms with van der Waals surface area (Å²) in [6.45, 7) is 0. The van der Waals surface area contributed by atoms with Crippen molar-refractivity contribution in [2.45, 2.75) is 0 Å². The van der Waals surface area contributed by atoms with Gasteiger partial charge in [0.05, 0.1) is 17.7 Å². The second kappa shape index (κ2) is 8.11. The zero-order valence-corrected chi connectivity index (χ0v) is 10.3. The Labute approximate surface area is 112 Å². The van der Waals surface area contributed by atoms with Crippen LogP contribution in [0, 0.1) is 22.7 Å². The lowest BCUT2D eigenvalue weighted by Gasteiger charge is -1.96. The zero-order valence-electron chi connectivity index (χ0n) is 10.3. The third-order valence-corrected chi connectivity index (χ3v) is 2.23. The van der Waals surface area contributed by atoms with Crippen LogP contribution in [-0.4, -0.2) is 0 Å². The van der Waals surface area contributed by atoms with Gasteiger partial charge in [0, 0.05) is 11.8 Å². The van der Waals surface area contributed by atoms with Crippen molar-refractivity contribution in [3.8, 4) is 12.1 Å². The molecule has 0 saturated heterocycles. The maximum absolute atomic E-state index is 8.29. The number of rotatable bonds is 1. The van der Waals surface area contributed by atoms with E-state index < -0.39 is 0 Å². The molecule has 0 aliphatic heterocycles. The fourth-order valence-corrected chi connectivity index (χ4v) is 1.30. The molecule has 0 bridgehead atoms. The first kappa shape index (κ1) is 14.0. The largest absolute Gasteiger partial charge is 0.398 e. The third-order valence-electron chi connectivity index (χ3n) is 2.23. The van der Waals surface area contributed by atoms with Crippen LogP contribution in [-0.2, 0) is 0 Å². The third kappa shape index (κ3) is 5.21. The minimum atomic E-state index is 0.508. The van der Waals surface area contributed by atoms with Crippen molar-refractivity contribution in [3.63, 3.8) is 0 Å². The summed E-state index contributed by atoms with van der Waals surface area (Å²) in [5.41, 5.74) is 7.65. The van der Waals surface area contributed by atoms with Crippen LogP contribution >= 0.6 is 0 Å². The van der Waals surface area contributed by atoms with E-state index in [0.29, 0.717) is 11.3 Å². The molecule has 3 nitrogen and oxygen atoms in total. The molecule has 0 amide bonds. The highest BCUT2D eigenvalue weighted by Crippen LogP contribution is 2.06. The summed E-state index contributed by atoms with van der Waals surface area (Å²) in [7, 11) is 0. The Morgan fingerprint density at radius 2 is 1.42 bits per heavy atom. The lowest BCUT2D eigenvalue weighted by molar-refractivity contribution is 1.49. The summed E-state index contributed by atoms with van der Waals surface area (Å²) >= 11 is 0. The van der Waals surface area contributed by atoms with Crippen LogP contribution in [0.5, 0.6) is 0 Å². The predicted octanol–water partition coefficient (Wildman–Crippen LogP) is 3.07. The topological polar surface area (TPSA) is 73.6 Å². The Balaban J connectivity index is 0.000000200. The van der Waals surface area contributed by atoms with Crippen LogP contribution in [0.1, 0.15) is 11.1 Å². The van der Waals surface area contributed by atoms with Gasteiger partial charge in [0.15, 0.2) is 0 Å². The first-order valence-corrected chi connectivity index (χ1v) is 5.63. The molecule has 0 aliphatic rings. The highest BCUT2D eigenvalue weighted by Gasteiger charge is 1.91. The van der Waals surface area contributed by atoms with Crippen LogP contribution in [0.25, 0.3) is 5.70 Å². The Kier molecular flexibility index (Phi) is 5.99. The zero-order chi connectivity index (χ0) is 13.9. The van der Waals surface area contributed by atoms with Crippen LogP contribution in [0.2, 0.25) is 0 Å². The number of nitriles is 2. The van der Waals surface area contributed by atoms with Crippen LogP contribution in [0.15, 0.2) is 66.7 Å². The van der Waals surface area contributed by atoms with Crippen molar-refractivity contribution >= 4 is 5.70 Å². The molecule has 0 saturated carbocycles. The summed E-state index contributed by atoms with van der Waals surface area (Å²) < 4.78 is 0. The first-order valence-electron chi connectivity index (χ1n) is 5.63. The van der Waals surface area contributed by atoms with E-state index in [0.717, 1.165) is 5.56 Å². The number of allylic oxidation sites excluding steroid dienone is 1. The molecule has 92 valence electrons. The molecule has 0 unspecified atom stereocenters. The number of benzene rings is 2. The summed E-state index contributed by atoms with van der Waals surface area (Å²) in [4.78, 5) is 0. The molecule has 0 aliphatic carbocycles. The van der Waals surface area contributed by atoms with E-state index in [1.54, 1.807) is 12.1 Å². The van der Waals surface area contributed by atoms with Gasteiger partial charge >= 0.3 is 0 Å². The number of hydrogen-bond acceptors (Lipinski definition) is 3. The van der Waals surface area contributed by atoms with Gasteiger partial charge in [-0.3, -0.25) is 0 Å². The van der Waals surface area contributed by atoms with E-state index in [1.165, 1.54) is 6.08 Å². The molecular formula is C16H13N3. The SMILES string of the molecule is N#C/C=C(/N)c1ccccc1.N#Cc1ccccc1. The molecule has 0 heterocycles. The molecule has 3 heteroatoms. The average molecular weight is 247 g/mol. The van der Waals surface area contributed by atoms with Crippen LogP contribution in [0.3, 0.4) is 0 Å². The number of nitrogens with zero attached hydrogens (tertiary/aromatic N) is 2. The van der Waals surface area contributed by atoms with Gasteiger partial charge in [0.1, 0.15) is 0 Å². The van der Waals surface area contributed by atoms with Crippen LogP contribution in [0.4, 0.5) is 0 Å². The smallest absolute Gasteiger partial charge is 0.0991 e. The van der Waals surface area contributed by atoms with Crippen molar-refractivity contribution in [2.24, 2.45) is 5.73 Å². The number of hydrogen-bond donors (Lipinski definition) is 1. The summed E-state index contributed by atoms with van der Waals surface area (Å²) in [6.07, 6.45) is 1.33. The van der Waals surface area contributed by atoms with Gasteiger partial charge in [0.25, 0.3) is 0 Å². The monoisotopic (exact) mass is 247 g/mol. The molecule has 0 radical (unpaired) electrons. The van der Waals surface area contributed by atoms with E-state index in [4.69, 9.17) is 16.3 Å². The molecule has 0 aromatic heterocycles. The molecule has 2 aromatic rings. The second-order valence-electron chi connectivity index (χ2n) is 3.57. The fraction of sp³-hybridized carbons (Fsp3) is 0. The molecule has 19 heavy (non-hydrogen) atoms. The van der Waals surface area contributed by atoms with E-state index in [1.807, 2.05) is 60.7 Å². The van der Waals surface area contributed by atoms with Gasteiger partial charge in [-0.1, -0.05) is 48.5 Å². The molecule has 0 spiro atoms. The Bertz CT molecular complexity index is 602. The second-order valence-corrected chi connectivity index (χ2v) is 3.57. The minimum absolute atomic E-state index is 0.508. The normalized spacial score (nSPS) is 9.47. The molecule has 2 N–H and O–H groups in total. The lowest BCUT2D eigenvalue weighted by Crippen LogP contribution is -1.94. The molecule has 2 rings (SSSR count). The van der Waals surface area contributed by atoms with Crippen molar-refractivity contribution in [1.82, 2.24) is 0 Å². The van der Waals surface area contributed by atoms with Gasteiger partial charge in [-0.2, -0.15) is 10.5 Å². The van der Waals surface area contributed by atoms with E-state index >= 15 is 0 Å². The maximum atomic E-state index is 8.29. The quantitative estimate of drug-likeness (QED) is 0.787. The van der Waals surface area contributed by atoms with Gasteiger partial charge < -0.3 is 5.73 Å². The minimum Gasteiger partial charge on any atom is -0.398 e. The van der Waals surface area contributed by atoms with Crippen molar-refractivity contribution < 1.29 is 0 Å². The van der Waals surface area contributed by atoms with Crippen molar-refractivity contribution in [3.05, 3.63) is 77.9 Å². The predicted molar refractivity (Wildman–Crippen MR) is 75.4 cm³/mol. The standard InChI is InChI=1S/C9H8N2.C7H5N/c10-7-6-9(11)8-4-2-1-3-5-8;8-6-7-4-2-1-3-5-7/h1-6H,11H2;1-5H/b9-6+;. The fourth-order valence-electron chi connectivity index (χ4n) is 1.30. The molecule has 0 fully saturated rings. The molecule has 2 aromatic carbocycles. The van der Waals surface area contributed by atoms with Gasteiger partial charge in [-0.05, 0) is 17.7 Å². The van der Waals surface area contributed by atoms with Gasteiger partial charge in [-0.15, -0.1) is 0 Å². The summed E-state index contributed by atoms with van der Waals surface area (Å²) in [5.74, 6) is 0. The lowest BCUT2D eigenvalue weighted by atomic mass is 10.2. The molecular weight excluding hydrogens is 234 g/mol. The van der Waals surface area contributed by atoms with E-state index in [9.17, 15) is 0 Å². The highest BCUT2D eigenvalue weighted by molar-refractivity contribution is 5.64. The Morgan fingerprint density at radius 1 is 0.895 bits per heavy atom. The Morgan fingerprint density at radius 3 is 1.84 bits per heavy atom. The summed E-state index contributed by atoms with van der Waals surface area (Å²) in [5, 5.41) is 16.6. The first-order chi connectivity index (χ1) is 9.27.